The second-order valence-electron chi connectivity index (χ2n) is 6.07. The van der Waals surface area contributed by atoms with Gasteiger partial charge in [0, 0.05) is 119 Å². The second-order valence-corrected chi connectivity index (χ2v) is 7.16. The highest BCUT2D eigenvalue weighted by molar-refractivity contribution is 7.81. The lowest BCUT2D eigenvalue weighted by atomic mass is 10.5. The molecule has 20 heteroatoms. The van der Waals surface area contributed by atoms with E-state index in [2.05, 4.69) is 291 Å². The summed E-state index contributed by atoms with van der Waals surface area (Å²) in [6.45, 7) is 3.29. The van der Waals surface area contributed by atoms with E-state index in [4.69, 9.17) is 6.42 Å². The number of hydrogen-bond acceptors (Lipinski definition) is 14. The molecule has 0 N–H and O–H groups in total. The smallest absolute Gasteiger partial charge is 0.164 e. The average Bonchev–Trinajstić information content (AvgIpc) is 3.19. The summed E-state index contributed by atoms with van der Waals surface area (Å²) < 4.78 is 29.6. The Bertz CT molecular complexity index is 3000. The van der Waals surface area contributed by atoms with Gasteiger partial charge in [-0.2, -0.15) is 18.4 Å². The molecule has 0 aliphatic heterocycles. The van der Waals surface area contributed by atoms with Gasteiger partial charge in [0.25, 0.3) is 0 Å². The fourth-order valence-electron chi connectivity index (χ4n) is 1.32. The van der Waals surface area contributed by atoms with Crippen LogP contribution in [0.5, 0.6) is 0 Å². The van der Waals surface area contributed by atoms with E-state index in [1.165, 1.54) is 0 Å². The molecule has 0 atom stereocenters. The largest absolute Gasteiger partial charge is 0.458 e. The standard InChI is InChI=1S/C36H3N9O10S/c1-3-5-7-9-11-13-15-17-19-21-23-25-27-29-31-33-35-37-39-41-43-45-49-51-53-55-56(46,47)54-52-50-48-44-42-40-38-36-34-32-30-28-26-24-22-20-18-16-14-12-10-8-6-4-2/h2H,1H2/b40-38?,41-39+,44-42+,45-43+. The van der Waals surface area contributed by atoms with E-state index in [1.54, 1.807) is 0 Å². The summed E-state index contributed by atoms with van der Waals surface area (Å²) in [6.07, 6.45) is 4.92. The molecule has 0 bridgehead atoms. The SMILES string of the molecule is C#CC#CC#CC#CC#CC#CC#CC#CC#CN=N/N=N/OOOOS(=O)(=O)OOOO/N=N/N=N/N=C=C=C=C=C=C=C=C=C=C=C=C=C=C=C=C=C=C. The van der Waals surface area contributed by atoms with E-state index in [-0.39, 0.29) is 0 Å². The van der Waals surface area contributed by atoms with Crippen molar-refractivity contribution >= 4 is 16.3 Å². The lowest BCUT2D eigenvalue weighted by molar-refractivity contribution is -0.628. The van der Waals surface area contributed by atoms with E-state index in [0.717, 1.165) is 0 Å². The number of hydrogen-bond donors (Lipinski definition) is 0. The monoisotopic (exact) mass is 753 g/mol. The van der Waals surface area contributed by atoms with Crippen molar-refractivity contribution < 1.29 is 47.2 Å². The Balaban J connectivity index is 4.38. The normalized spacial score (nSPS) is 7.41. The summed E-state index contributed by atoms with van der Waals surface area (Å²) in [6, 6.07) is 2.09. The molecule has 0 radical (unpaired) electrons. The average molecular weight is 754 g/mol. The van der Waals surface area contributed by atoms with Crippen LogP contribution < -0.4 is 0 Å². The lowest BCUT2D eigenvalue weighted by Crippen LogP contribution is -2.11. The minimum absolute atomic E-state index is 2.09. The van der Waals surface area contributed by atoms with Crippen molar-refractivity contribution in [3.05, 3.63) is 98.3 Å². The molecule has 0 amide bonds. The van der Waals surface area contributed by atoms with Gasteiger partial charge in [-0.05, 0) is 123 Å². The third-order valence-electron chi connectivity index (χ3n) is 2.81. The second kappa shape index (κ2) is 39.1. The number of nitrogens with zero attached hydrogens (tertiary/aromatic N) is 9. The molecule has 56 heavy (non-hydrogen) atoms. The topological polar surface area (TPSA) is 219 Å². The molecule has 0 aliphatic rings. The Morgan fingerprint density at radius 3 is 1.27 bits per heavy atom. The lowest BCUT2D eigenvalue weighted by Gasteiger charge is -1.98. The highest BCUT2D eigenvalue weighted by atomic mass is 32.3. The highest BCUT2D eigenvalue weighted by Gasteiger charge is 2.17. The van der Waals surface area contributed by atoms with Crippen LogP contribution >= 0.6 is 0 Å². The molecule has 0 aromatic rings. The maximum atomic E-state index is 11.2. The molecule has 0 unspecified atom stereocenters. The third kappa shape index (κ3) is 39.9. The Kier molecular flexibility index (Phi) is 31.9. The third-order valence-corrected chi connectivity index (χ3v) is 3.25. The Morgan fingerprint density at radius 2 is 0.821 bits per heavy atom. The van der Waals surface area contributed by atoms with Gasteiger partial charge in [-0.1, -0.05) is 15.9 Å². The van der Waals surface area contributed by atoms with Gasteiger partial charge in [-0.15, -0.1) is 6.42 Å². The van der Waals surface area contributed by atoms with Crippen molar-refractivity contribution in [2.24, 2.45) is 46.9 Å². The van der Waals surface area contributed by atoms with Gasteiger partial charge in [-0.3, -0.25) is 0 Å². The Morgan fingerprint density at radius 1 is 0.429 bits per heavy atom. The van der Waals surface area contributed by atoms with Gasteiger partial charge < -0.3 is 0 Å². The number of rotatable bonds is 13. The first-order valence-corrected chi connectivity index (χ1v) is 13.9. The molecule has 0 fully saturated rings. The van der Waals surface area contributed by atoms with E-state index >= 15 is 0 Å². The first-order chi connectivity index (χ1) is 27.6. The van der Waals surface area contributed by atoms with E-state index in [0.29, 0.717) is 0 Å². The Hall–Kier alpha value is -10.3. The van der Waals surface area contributed by atoms with Gasteiger partial charge in [0.15, 0.2) is 0 Å². The number of terminal acetylenes is 1. The summed E-state index contributed by atoms with van der Waals surface area (Å²) in [4.78, 5) is 7.66. The molecule has 0 aromatic carbocycles. The summed E-state index contributed by atoms with van der Waals surface area (Å²) >= 11 is 0. The summed E-state index contributed by atoms with van der Waals surface area (Å²) in [5.41, 5.74) is 38.4. The van der Waals surface area contributed by atoms with Crippen LogP contribution in [-0.2, 0) is 49.2 Å². The van der Waals surface area contributed by atoms with Crippen LogP contribution in [0.3, 0.4) is 0 Å². The molecule has 0 saturated carbocycles. The van der Waals surface area contributed by atoms with Crippen molar-refractivity contribution in [1.29, 1.82) is 0 Å². The van der Waals surface area contributed by atoms with E-state index in [1.807, 2.05) is 0 Å². The molecule has 0 saturated heterocycles. The summed E-state index contributed by atoms with van der Waals surface area (Å²) in [7, 11) is -5.07. The molecule has 0 aromatic heterocycles. The van der Waals surface area contributed by atoms with Crippen molar-refractivity contribution in [2.75, 3.05) is 0 Å². The molecule has 0 aliphatic carbocycles. The van der Waals surface area contributed by atoms with Crippen LogP contribution in [0.1, 0.15) is 0 Å². The van der Waals surface area contributed by atoms with Crippen LogP contribution in [0.15, 0.2) is 145 Å². The fraction of sp³-hybridized carbons (Fsp3) is 0. The predicted molar refractivity (Wildman–Crippen MR) is 177 cm³/mol. The van der Waals surface area contributed by atoms with Crippen molar-refractivity contribution in [3.63, 3.8) is 0 Å². The molecular formula is C36H3N9O10S. The maximum Gasteiger partial charge on any atom is 0.458 e. The zero-order valence-electron chi connectivity index (χ0n) is 26.8. The molecule has 258 valence electrons. The minimum Gasteiger partial charge on any atom is -0.164 e. The van der Waals surface area contributed by atoms with Crippen LogP contribution in [0, 0.1) is 107 Å². The van der Waals surface area contributed by atoms with Crippen LogP contribution in [0.25, 0.3) is 0 Å². The zero-order valence-corrected chi connectivity index (χ0v) is 27.6. The molecule has 0 spiro atoms. The maximum absolute atomic E-state index is 11.2. The molecule has 0 rings (SSSR count). The van der Waals surface area contributed by atoms with Crippen molar-refractivity contribution in [2.45, 2.75) is 0 Å². The van der Waals surface area contributed by atoms with E-state index < -0.39 is 10.4 Å². The van der Waals surface area contributed by atoms with Gasteiger partial charge in [0.05, 0.1) is 22.5 Å². The minimum atomic E-state index is -5.07. The van der Waals surface area contributed by atoms with Crippen LogP contribution in [-0.4, -0.2) is 14.3 Å². The zero-order chi connectivity index (χ0) is 40.6. The quantitative estimate of drug-likeness (QED) is 0.0509. The summed E-state index contributed by atoms with van der Waals surface area (Å²) in [5.74, 6) is 39.8. The first-order valence-electron chi connectivity index (χ1n) is 12.5. The molecule has 19 nitrogen and oxygen atoms in total. The fourth-order valence-corrected chi connectivity index (χ4v) is 1.52. The van der Waals surface area contributed by atoms with Gasteiger partial charge in [0.1, 0.15) is 0 Å². The van der Waals surface area contributed by atoms with E-state index in [9.17, 15) is 8.42 Å². The van der Waals surface area contributed by atoms with Crippen LogP contribution in [0.2, 0.25) is 0 Å². The molecular weight excluding hydrogens is 751 g/mol. The van der Waals surface area contributed by atoms with Gasteiger partial charge in [-0.25, -0.2) is 0 Å². The highest BCUT2D eigenvalue weighted by Crippen LogP contribution is 2.00. The Labute approximate surface area is 315 Å². The van der Waals surface area contributed by atoms with Crippen molar-refractivity contribution in [3.8, 4) is 107 Å². The van der Waals surface area contributed by atoms with Gasteiger partial charge >= 0.3 is 10.4 Å². The van der Waals surface area contributed by atoms with Gasteiger partial charge in [0.2, 0.25) is 0 Å². The van der Waals surface area contributed by atoms with Crippen molar-refractivity contribution in [1.82, 2.24) is 0 Å². The molecule has 0 heterocycles. The summed E-state index contributed by atoms with van der Waals surface area (Å²) in [5, 5.41) is 41.2. The first kappa shape index (κ1) is 45.7. The van der Waals surface area contributed by atoms with Crippen LogP contribution in [0.4, 0.5) is 0 Å². The predicted octanol–water partition coefficient (Wildman–Crippen LogP) is 3.19.